The van der Waals surface area contributed by atoms with Crippen LogP contribution in [0.5, 0.6) is 0 Å². The number of H-pyrrole nitrogens is 2. The van der Waals surface area contributed by atoms with Gasteiger partial charge in [0, 0.05) is 12.3 Å². The molecule has 0 bridgehead atoms. The Balaban J connectivity index is 0.000000388. The van der Waals surface area contributed by atoms with E-state index in [1.54, 1.807) is 0 Å². The molecule has 1 heterocycles. The monoisotopic (exact) mass is 292 g/mol. The van der Waals surface area contributed by atoms with Crippen LogP contribution in [0.2, 0.25) is 0 Å². The Morgan fingerprint density at radius 2 is 1.75 bits per heavy atom. The number of carbonyl (C=O) groups excluding carboxylic acids is 1. The molecule has 0 aliphatic carbocycles. The summed E-state index contributed by atoms with van der Waals surface area (Å²) in [5.74, 6) is 0. The summed E-state index contributed by atoms with van der Waals surface area (Å²) in [5.41, 5.74) is -0.855. The van der Waals surface area contributed by atoms with Crippen LogP contribution in [0, 0.1) is 0 Å². The molecule has 0 fully saturated rings. The second-order valence-corrected chi connectivity index (χ2v) is 3.65. The summed E-state index contributed by atoms with van der Waals surface area (Å²) >= 11 is 0. The van der Waals surface area contributed by atoms with E-state index in [0.717, 1.165) is 0 Å². The van der Waals surface area contributed by atoms with E-state index in [2.05, 4.69) is 4.98 Å². The van der Waals surface area contributed by atoms with Crippen LogP contribution in [0.4, 0.5) is 0 Å². The number of aliphatic hydroxyl groups is 5. The first kappa shape index (κ1) is 18.1. The van der Waals surface area contributed by atoms with E-state index < -0.39 is 36.7 Å². The number of rotatable bonds is 5. The van der Waals surface area contributed by atoms with Gasteiger partial charge in [0.1, 0.15) is 24.4 Å². The molecule has 20 heavy (non-hydrogen) atoms. The molecule has 10 heteroatoms. The van der Waals surface area contributed by atoms with Gasteiger partial charge >= 0.3 is 5.69 Å². The van der Waals surface area contributed by atoms with E-state index in [1.165, 1.54) is 12.3 Å². The van der Waals surface area contributed by atoms with Crippen LogP contribution in [0.15, 0.2) is 21.9 Å². The van der Waals surface area contributed by atoms with Crippen molar-refractivity contribution in [3.05, 3.63) is 33.1 Å². The Morgan fingerprint density at radius 1 is 1.15 bits per heavy atom. The maximum Gasteiger partial charge on any atom is 0.325 e. The van der Waals surface area contributed by atoms with Crippen molar-refractivity contribution in [2.45, 2.75) is 24.4 Å². The molecule has 0 radical (unpaired) electrons. The molecule has 0 saturated carbocycles. The first-order valence-electron chi connectivity index (χ1n) is 5.40. The Kier molecular flexibility index (Phi) is 8.27. The topological polar surface area (TPSA) is 184 Å². The predicted molar refractivity (Wildman–Crippen MR) is 64.9 cm³/mol. The summed E-state index contributed by atoms with van der Waals surface area (Å²) in [5, 5.41) is 43.5. The highest BCUT2D eigenvalue weighted by Gasteiger charge is 2.29. The number of aldehydes is 1. The van der Waals surface area contributed by atoms with Crippen molar-refractivity contribution in [2.75, 3.05) is 6.61 Å². The molecule has 7 N–H and O–H groups in total. The van der Waals surface area contributed by atoms with E-state index in [0.29, 0.717) is 0 Å². The van der Waals surface area contributed by atoms with Gasteiger partial charge in [-0.2, -0.15) is 0 Å². The number of carbonyl (C=O) groups is 1. The summed E-state index contributed by atoms with van der Waals surface area (Å²) < 4.78 is 0. The van der Waals surface area contributed by atoms with Crippen LogP contribution in [0.25, 0.3) is 0 Å². The van der Waals surface area contributed by atoms with Gasteiger partial charge in [0.05, 0.1) is 6.61 Å². The number of aliphatic hydroxyl groups excluding tert-OH is 5. The maximum absolute atomic E-state index is 10.2. The molecular weight excluding hydrogens is 276 g/mol. The van der Waals surface area contributed by atoms with Crippen LogP contribution in [0.3, 0.4) is 0 Å². The fraction of sp³-hybridized carbons (Fsp3) is 0.500. The number of hydrogen-bond acceptors (Lipinski definition) is 8. The summed E-state index contributed by atoms with van der Waals surface area (Å²) in [4.78, 5) is 34.6. The lowest BCUT2D eigenvalue weighted by molar-refractivity contribution is -0.136. The van der Waals surface area contributed by atoms with E-state index in [1.807, 2.05) is 4.98 Å². The van der Waals surface area contributed by atoms with Crippen molar-refractivity contribution in [2.24, 2.45) is 0 Å². The minimum atomic E-state index is -1.79. The SMILES string of the molecule is O=CC(O)C(O)C(O)C(O)CO.O=c1cc[nH]c(=O)[nH]1. The standard InChI is InChI=1S/C6H12O6.C4H4N2O2/c7-1-3(9)5(11)6(12)4(10)2-8;7-3-1-2-5-4(8)6-3/h1,3-6,8-12H,2H2;1-2H,(H2,5,6,7,8). The summed E-state index contributed by atoms with van der Waals surface area (Å²) in [6.45, 7) is -0.760. The van der Waals surface area contributed by atoms with Crippen LogP contribution in [-0.2, 0) is 4.79 Å². The summed E-state index contributed by atoms with van der Waals surface area (Å²) in [6.07, 6.45) is -5.55. The average molecular weight is 292 g/mol. The smallest absolute Gasteiger partial charge is 0.325 e. The van der Waals surface area contributed by atoms with Crippen molar-refractivity contribution in [3.8, 4) is 0 Å². The largest absolute Gasteiger partial charge is 0.394 e. The van der Waals surface area contributed by atoms with Gasteiger partial charge in [-0.25, -0.2) is 4.79 Å². The van der Waals surface area contributed by atoms with Gasteiger partial charge < -0.3 is 35.3 Å². The van der Waals surface area contributed by atoms with Gasteiger partial charge in [0.15, 0.2) is 6.29 Å². The highest BCUT2D eigenvalue weighted by molar-refractivity contribution is 5.56. The number of aromatic amines is 2. The Bertz CT molecular complexity index is 473. The minimum absolute atomic E-state index is 0.0258. The first-order valence-corrected chi connectivity index (χ1v) is 5.40. The summed E-state index contributed by atoms with van der Waals surface area (Å²) in [6, 6.07) is 1.24. The van der Waals surface area contributed by atoms with Crippen molar-refractivity contribution in [1.29, 1.82) is 0 Å². The molecule has 0 saturated heterocycles. The number of hydrogen-bond donors (Lipinski definition) is 7. The summed E-state index contributed by atoms with van der Waals surface area (Å²) in [7, 11) is 0. The van der Waals surface area contributed by atoms with Crippen LogP contribution in [-0.4, -0.2) is 72.8 Å². The molecule has 0 aromatic carbocycles. The van der Waals surface area contributed by atoms with Crippen molar-refractivity contribution in [3.63, 3.8) is 0 Å². The first-order chi connectivity index (χ1) is 9.33. The van der Waals surface area contributed by atoms with Gasteiger partial charge in [-0.3, -0.25) is 9.78 Å². The molecule has 114 valence electrons. The Hall–Kier alpha value is -1.85. The van der Waals surface area contributed by atoms with Crippen LogP contribution < -0.4 is 11.2 Å². The van der Waals surface area contributed by atoms with Crippen LogP contribution in [0.1, 0.15) is 0 Å². The Labute approximate surface area is 112 Å². The Morgan fingerprint density at radius 3 is 2.10 bits per heavy atom. The molecular formula is C10H16N2O8. The van der Waals surface area contributed by atoms with E-state index in [9.17, 15) is 14.4 Å². The third-order valence-electron chi connectivity index (χ3n) is 2.11. The number of aromatic nitrogens is 2. The normalized spacial score (nSPS) is 16.2. The third-order valence-corrected chi connectivity index (χ3v) is 2.11. The van der Waals surface area contributed by atoms with Gasteiger partial charge in [0.25, 0.3) is 5.56 Å². The molecule has 0 spiro atoms. The zero-order chi connectivity index (χ0) is 15.7. The van der Waals surface area contributed by atoms with Crippen molar-refractivity contribution in [1.82, 2.24) is 9.97 Å². The molecule has 0 amide bonds. The van der Waals surface area contributed by atoms with Gasteiger partial charge in [-0.05, 0) is 0 Å². The van der Waals surface area contributed by atoms with Crippen LogP contribution >= 0.6 is 0 Å². The average Bonchev–Trinajstić information content (AvgIpc) is 2.44. The second-order valence-electron chi connectivity index (χ2n) is 3.65. The predicted octanol–water partition coefficient (Wildman–Crippen LogP) is -4.32. The van der Waals surface area contributed by atoms with Gasteiger partial charge in [-0.1, -0.05) is 0 Å². The lowest BCUT2D eigenvalue weighted by Crippen LogP contribution is -2.46. The zero-order valence-corrected chi connectivity index (χ0v) is 10.2. The molecule has 4 atom stereocenters. The minimum Gasteiger partial charge on any atom is -0.394 e. The van der Waals surface area contributed by atoms with Crippen molar-refractivity contribution < 1.29 is 30.3 Å². The maximum atomic E-state index is 10.2. The molecule has 0 aliphatic rings. The fourth-order valence-electron chi connectivity index (χ4n) is 1.00. The van der Waals surface area contributed by atoms with E-state index >= 15 is 0 Å². The van der Waals surface area contributed by atoms with Crippen molar-refractivity contribution >= 4 is 6.29 Å². The lowest BCUT2D eigenvalue weighted by Gasteiger charge is -2.22. The fourth-order valence-corrected chi connectivity index (χ4v) is 1.00. The quantitative estimate of drug-likeness (QED) is 0.266. The van der Waals surface area contributed by atoms with E-state index in [-0.39, 0.29) is 11.8 Å². The lowest BCUT2D eigenvalue weighted by atomic mass is 10.0. The van der Waals surface area contributed by atoms with Gasteiger partial charge in [0.2, 0.25) is 0 Å². The molecule has 1 rings (SSSR count). The third kappa shape index (κ3) is 6.36. The second kappa shape index (κ2) is 9.12. The van der Waals surface area contributed by atoms with E-state index in [4.69, 9.17) is 25.5 Å². The highest BCUT2D eigenvalue weighted by Crippen LogP contribution is 2.02. The highest BCUT2D eigenvalue weighted by atomic mass is 16.4. The molecule has 1 aromatic rings. The number of nitrogens with one attached hydrogen (secondary N) is 2. The molecule has 10 nitrogen and oxygen atoms in total. The molecule has 4 unspecified atom stereocenters. The molecule has 0 aliphatic heterocycles. The zero-order valence-electron chi connectivity index (χ0n) is 10.2. The van der Waals surface area contributed by atoms with Gasteiger partial charge in [-0.15, -0.1) is 0 Å². The molecule has 1 aromatic heterocycles.